The smallest absolute Gasteiger partial charge is 0.341 e. The molecule has 1 N–H and O–H groups in total. The number of esters is 1. The Morgan fingerprint density at radius 1 is 1.10 bits per heavy atom. The van der Waals surface area contributed by atoms with Gasteiger partial charge in [-0.3, -0.25) is 4.79 Å². The van der Waals surface area contributed by atoms with Gasteiger partial charge in [0.1, 0.15) is 11.4 Å². The molecule has 0 radical (unpaired) electrons. The minimum atomic E-state index is -0.432. The van der Waals surface area contributed by atoms with Crippen LogP contribution in [0.4, 0.5) is 5.69 Å². The number of ether oxygens (including phenoxy) is 1. The standard InChI is InChI=1S/C23H23N3O3/c1-3-29-23(28)21(15-18-9-11-20(12-10-18)25-17(2)27)22-24-13-14-26(22)16-19-7-5-4-6-8-19/h4-15H,3,16H2,1-2H3,(H,25,27)/b21-15+. The van der Waals surface area contributed by atoms with Crippen molar-refractivity contribution in [3.8, 4) is 0 Å². The molecule has 148 valence electrons. The molecule has 1 aromatic heterocycles. The van der Waals surface area contributed by atoms with Gasteiger partial charge >= 0.3 is 5.97 Å². The third kappa shape index (κ3) is 5.42. The second-order valence-corrected chi connectivity index (χ2v) is 6.45. The molecule has 29 heavy (non-hydrogen) atoms. The number of benzene rings is 2. The van der Waals surface area contributed by atoms with Crippen LogP contribution in [0.25, 0.3) is 11.6 Å². The number of aromatic nitrogens is 2. The average Bonchev–Trinajstić information content (AvgIpc) is 3.15. The van der Waals surface area contributed by atoms with E-state index in [0.29, 0.717) is 23.6 Å². The molecule has 0 unspecified atom stereocenters. The van der Waals surface area contributed by atoms with E-state index in [2.05, 4.69) is 10.3 Å². The number of imidazole rings is 1. The van der Waals surface area contributed by atoms with Gasteiger partial charge in [0.05, 0.1) is 6.61 Å². The number of nitrogens with zero attached hydrogens (tertiary/aromatic N) is 2. The molecule has 0 saturated carbocycles. The van der Waals surface area contributed by atoms with Crippen molar-refractivity contribution in [1.82, 2.24) is 9.55 Å². The summed E-state index contributed by atoms with van der Waals surface area (Å²) in [4.78, 5) is 28.3. The topological polar surface area (TPSA) is 73.2 Å². The molecule has 0 aliphatic heterocycles. The summed E-state index contributed by atoms with van der Waals surface area (Å²) < 4.78 is 7.18. The quantitative estimate of drug-likeness (QED) is 0.490. The summed E-state index contributed by atoms with van der Waals surface area (Å²) in [6, 6.07) is 17.2. The minimum absolute atomic E-state index is 0.136. The van der Waals surface area contributed by atoms with E-state index >= 15 is 0 Å². The molecule has 1 heterocycles. The number of rotatable bonds is 7. The fraction of sp³-hybridized carbons (Fsp3) is 0.174. The molecule has 0 spiro atoms. The van der Waals surface area contributed by atoms with Crippen molar-refractivity contribution in [2.45, 2.75) is 20.4 Å². The van der Waals surface area contributed by atoms with E-state index in [-0.39, 0.29) is 12.5 Å². The molecule has 3 aromatic rings. The lowest BCUT2D eigenvalue weighted by molar-refractivity contribution is -0.136. The van der Waals surface area contributed by atoms with E-state index in [0.717, 1.165) is 11.1 Å². The fourth-order valence-corrected chi connectivity index (χ4v) is 2.92. The molecule has 3 rings (SSSR count). The monoisotopic (exact) mass is 389 g/mol. The summed E-state index contributed by atoms with van der Waals surface area (Å²) in [7, 11) is 0. The lowest BCUT2D eigenvalue weighted by atomic mass is 10.1. The van der Waals surface area contributed by atoms with E-state index in [4.69, 9.17) is 4.74 Å². The van der Waals surface area contributed by atoms with Gasteiger partial charge in [-0.25, -0.2) is 9.78 Å². The van der Waals surface area contributed by atoms with Crippen LogP contribution >= 0.6 is 0 Å². The number of amides is 1. The Balaban J connectivity index is 1.94. The SMILES string of the molecule is CCOC(=O)/C(=C/c1ccc(NC(C)=O)cc1)c1nccn1Cc1ccccc1. The highest BCUT2D eigenvalue weighted by atomic mass is 16.5. The molecule has 2 aromatic carbocycles. The molecular weight excluding hydrogens is 366 g/mol. The Morgan fingerprint density at radius 3 is 2.48 bits per heavy atom. The maximum atomic E-state index is 12.7. The van der Waals surface area contributed by atoms with Crippen molar-refractivity contribution >= 4 is 29.2 Å². The third-order valence-corrected chi connectivity index (χ3v) is 4.19. The zero-order valence-corrected chi connectivity index (χ0v) is 16.5. The number of hydrogen-bond donors (Lipinski definition) is 1. The van der Waals surface area contributed by atoms with E-state index in [1.165, 1.54) is 6.92 Å². The van der Waals surface area contributed by atoms with Gasteiger partial charge in [-0.1, -0.05) is 42.5 Å². The van der Waals surface area contributed by atoms with Crippen LogP contribution in [0.2, 0.25) is 0 Å². The summed E-state index contributed by atoms with van der Waals surface area (Å²) in [5.74, 6) is -0.0272. The van der Waals surface area contributed by atoms with Gasteiger partial charge in [-0.05, 0) is 36.3 Å². The van der Waals surface area contributed by atoms with E-state index in [1.807, 2.05) is 53.2 Å². The van der Waals surface area contributed by atoms with Gasteiger partial charge in [-0.2, -0.15) is 0 Å². The van der Waals surface area contributed by atoms with Crippen LogP contribution in [0, 0.1) is 0 Å². The maximum Gasteiger partial charge on any atom is 0.341 e. The molecule has 0 aliphatic rings. The molecule has 6 heteroatoms. The summed E-state index contributed by atoms with van der Waals surface area (Å²) >= 11 is 0. The molecule has 1 amide bonds. The summed E-state index contributed by atoms with van der Waals surface area (Å²) in [6.45, 7) is 4.10. The van der Waals surface area contributed by atoms with Crippen LogP contribution in [0.5, 0.6) is 0 Å². The first-order chi connectivity index (χ1) is 14.1. The summed E-state index contributed by atoms with van der Waals surface area (Å²) in [6.07, 6.45) is 5.26. The van der Waals surface area contributed by atoms with Crippen LogP contribution in [0.1, 0.15) is 30.8 Å². The fourth-order valence-electron chi connectivity index (χ4n) is 2.92. The van der Waals surface area contributed by atoms with Crippen molar-refractivity contribution in [2.75, 3.05) is 11.9 Å². The Kier molecular flexibility index (Phi) is 6.58. The number of carbonyl (C=O) groups excluding carboxylic acids is 2. The maximum absolute atomic E-state index is 12.7. The Labute approximate surface area is 169 Å². The molecule has 0 fully saturated rings. The Hall–Kier alpha value is -3.67. The highest BCUT2D eigenvalue weighted by molar-refractivity contribution is 6.20. The third-order valence-electron chi connectivity index (χ3n) is 4.19. The van der Waals surface area contributed by atoms with Gasteiger partial charge in [0.25, 0.3) is 0 Å². The van der Waals surface area contributed by atoms with Crippen molar-refractivity contribution in [1.29, 1.82) is 0 Å². The predicted molar refractivity (Wildman–Crippen MR) is 113 cm³/mol. The number of anilines is 1. The van der Waals surface area contributed by atoms with Crippen molar-refractivity contribution in [3.63, 3.8) is 0 Å². The molecule has 0 bridgehead atoms. The van der Waals surface area contributed by atoms with Crippen LogP contribution in [0.3, 0.4) is 0 Å². The molecule has 6 nitrogen and oxygen atoms in total. The van der Waals surface area contributed by atoms with Crippen LogP contribution < -0.4 is 5.32 Å². The average molecular weight is 389 g/mol. The lowest BCUT2D eigenvalue weighted by Crippen LogP contribution is -2.12. The normalized spacial score (nSPS) is 11.2. The van der Waals surface area contributed by atoms with Crippen LogP contribution in [-0.2, 0) is 20.9 Å². The zero-order valence-electron chi connectivity index (χ0n) is 16.5. The van der Waals surface area contributed by atoms with Gasteiger partial charge in [0.2, 0.25) is 5.91 Å². The van der Waals surface area contributed by atoms with Crippen LogP contribution in [0.15, 0.2) is 67.0 Å². The van der Waals surface area contributed by atoms with E-state index in [1.54, 1.807) is 31.3 Å². The largest absolute Gasteiger partial charge is 0.462 e. The van der Waals surface area contributed by atoms with Gasteiger partial charge in [0.15, 0.2) is 0 Å². The Bertz CT molecular complexity index is 1010. The number of nitrogens with one attached hydrogen (secondary N) is 1. The Morgan fingerprint density at radius 2 is 1.83 bits per heavy atom. The van der Waals surface area contributed by atoms with E-state index < -0.39 is 5.97 Å². The highest BCUT2D eigenvalue weighted by Gasteiger charge is 2.19. The van der Waals surface area contributed by atoms with Gasteiger partial charge < -0.3 is 14.6 Å². The first-order valence-electron chi connectivity index (χ1n) is 9.38. The van der Waals surface area contributed by atoms with Gasteiger partial charge in [0, 0.05) is 31.5 Å². The first kappa shape index (κ1) is 20.1. The molecule has 0 atom stereocenters. The van der Waals surface area contributed by atoms with E-state index in [9.17, 15) is 9.59 Å². The van der Waals surface area contributed by atoms with Crippen molar-refractivity contribution in [3.05, 3.63) is 83.9 Å². The second-order valence-electron chi connectivity index (χ2n) is 6.45. The van der Waals surface area contributed by atoms with Gasteiger partial charge in [-0.15, -0.1) is 0 Å². The number of hydrogen-bond acceptors (Lipinski definition) is 4. The van der Waals surface area contributed by atoms with Crippen molar-refractivity contribution < 1.29 is 14.3 Å². The zero-order chi connectivity index (χ0) is 20.6. The van der Waals surface area contributed by atoms with Crippen molar-refractivity contribution in [2.24, 2.45) is 0 Å². The molecule has 0 aliphatic carbocycles. The summed E-state index contributed by atoms with van der Waals surface area (Å²) in [5, 5.41) is 2.72. The second kappa shape index (κ2) is 9.50. The number of carbonyl (C=O) groups is 2. The first-order valence-corrected chi connectivity index (χ1v) is 9.38. The minimum Gasteiger partial charge on any atom is -0.462 e. The molecule has 0 saturated heterocycles. The molecular formula is C23H23N3O3. The summed E-state index contributed by atoms with van der Waals surface area (Å²) in [5.41, 5.74) is 2.98. The lowest BCUT2D eigenvalue weighted by Gasteiger charge is -2.11. The van der Waals surface area contributed by atoms with Crippen LogP contribution in [-0.4, -0.2) is 28.0 Å². The predicted octanol–water partition coefficient (Wildman–Crippen LogP) is 3.99. The highest BCUT2D eigenvalue weighted by Crippen LogP contribution is 2.21.